The molecule has 3 rings (SSSR count). The molecule has 2 fully saturated rings. The van der Waals surface area contributed by atoms with Crippen LogP contribution >= 0.6 is 0 Å². The molecule has 0 radical (unpaired) electrons. The second kappa shape index (κ2) is 5.33. The zero-order valence-corrected chi connectivity index (χ0v) is 13.0. The largest absolute Gasteiger partial charge is 0.325 e. The number of benzene rings is 1. The smallest absolute Gasteiger partial charge is 0.324 e. The Morgan fingerprint density at radius 2 is 2.13 bits per heavy atom. The van der Waals surface area contributed by atoms with Crippen LogP contribution in [0.3, 0.4) is 0 Å². The van der Waals surface area contributed by atoms with Gasteiger partial charge in [-0.05, 0) is 50.3 Å². The van der Waals surface area contributed by atoms with E-state index in [1.807, 2.05) is 0 Å². The van der Waals surface area contributed by atoms with E-state index < -0.39 is 23.3 Å². The topological polar surface area (TPSA) is 78.5 Å². The first-order valence-corrected chi connectivity index (χ1v) is 7.51. The molecule has 1 atom stereocenters. The first-order chi connectivity index (χ1) is 10.8. The third-order valence-corrected chi connectivity index (χ3v) is 4.45. The second-order valence-corrected chi connectivity index (χ2v) is 6.31. The standard InChI is InChI=1S/C16H18FN3O3/c1-9-3-6-11(7-12(9)17)18-13(21)8-20-14(22)16(2,10-4-5-10)19-15(20)23/h3,6-7,10H,4-5,8H2,1-2H3,(H,18,21)(H,19,23). The average Bonchev–Trinajstić information content (AvgIpc) is 3.29. The number of anilines is 1. The van der Waals surface area contributed by atoms with Crippen molar-refractivity contribution >= 4 is 23.5 Å². The molecule has 23 heavy (non-hydrogen) atoms. The molecule has 1 aromatic rings. The maximum absolute atomic E-state index is 13.5. The summed E-state index contributed by atoms with van der Waals surface area (Å²) in [5, 5.41) is 5.17. The molecule has 0 bridgehead atoms. The molecular formula is C16H18FN3O3. The van der Waals surface area contributed by atoms with Gasteiger partial charge in [-0.15, -0.1) is 0 Å². The molecule has 6 nitrogen and oxygen atoms in total. The molecular weight excluding hydrogens is 301 g/mol. The highest BCUT2D eigenvalue weighted by Gasteiger charge is 2.56. The fourth-order valence-electron chi connectivity index (χ4n) is 2.81. The van der Waals surface area contributed by atoms with Gasteiger partial charge in [0.25, 0.3) is 5.91 Å². The van der Waals surface area contributed by atoms with Crippen molar-refractivity contribution in [3.8, 4) is 0 Å². The molecule has 122 valence electrons. The number of urea groups is 1. The average molecular weight is 319 g/mol. The Morgan fingerprint density at radius 1 is 1.43 bits per heavy atom. The summed E-state index contributed by atoms with van der Waals surface area (Å²) in [7, 11) is 0. The summed E-state index contributed by atoms with van der Waals surface area (Å²) in [6, 6.07) is 3.75. The van der Waals surface area contributed by atoms with Gasteiger partial charge in [0.15, 0.2) is 0 Å². The Hall–Kier alpha value is -2.44. The van der Waals surface area contributed by atoms with E-state index in [0.29, 0.717) is 5.56 Å². The number of halogens is 1. The van der Waals surface area contributed by atoms with E-state index >= 15 is 0 Å². The third-order valence-electron chi connectivity index (χ3n) is 4.45. The van der Waals surface area contributed by atoms with Gasteiger partial charge in [0.05, 0.1) is 0 Å². The van der Waals surface area contributed by atoms with Gasteiger partial charge in [-0.3, -0.25) is 14.5 Å². The summed E-state index contributed by atoms with van der Waals surface area (Å²) >= 11 is 0. The van der Waals surface area contributed by atoms with Gasteiger partial charge in [-0.1, -0.05) is 6.07 Å². The number of hydrogen-bond acceptors (Lipinski definition) is 3. The van der Waals surface area contributed by atoms with Gasteiger partial charge >= 0.3 is 6.03 Å². The van der Waals surface area contributed by atoms with Crippen LogP contribution in [0.25, 0.3) is 0 Å². The lowest BCUT2D eigenvalue weighted by Crippen LogP contribution is -2.46. The van der Waals surface area contributed by atoms with Crippen LogP contribution in [0.1, 0.15) is 25.3 Å². The minimum absolute atomic E-state index is 0.137. The fraction of sp³-hybridized carbons (Fsp3) is 0.438. The summed E-state index contributed by atoms with van der Waals surface area (Å²) < 4.78 is 13.5. The molecule has 1 saturated heterocycles. The van der Waals surface area contributed by atoms with Crippen molar-refractivity contribution in [3.63, 3.8) is 0 Å². The number of imide groups is 1. The first-order valence-electron chi connectivity index (χ1n) is 7.51. The van der Waals surface area contributed by atoms with Crippen LogP contribution in [-0.2, 0) is 9.59 Å². The molecule has 1 heterocycles. The molecule has 1 aliphatic heterocycles. The lowest BCUT2D eigenvalue weighted by atomic mass is 9.96. The summed E-state index contributed by atoms with van der Waals surface area (Å²) in [6.07, 6.45) is 1.79. The van der Waals surface area contributed by atoms with Crippen molar-refractivity contribution < 1.29 is 18.8 Å². The molecule has 1 saturated carbocycles. The van der Waals surface area contributed by atoms with Gasteiger partial charge in [-0.25, -0.2) is 9.18 Å². The number of hydrogen-bond donors (Lipinski definition) is 2. The predicted molar refractivity (Wildman–Crippen MR) is 81.1 cm³/mol. The van der Waals surface area contributed by atoms with E-state index in [-0.39, 0.29) is 24.1 Å². The molecule has 0 spiro atoms. The van der Waals surface area contributed by atoms with Crippen LogP contribution in [0.5, 0.6) is 0 Å². The molecule has 2 aliphatic rings. The minimum atomic E-state index is -0.909. The lowest BCUT2D eigenvalue weighted by molar-refractivity contribution is -0.134. The van der Waals surface area contributed by atoms with Gasteiger partial charge < -0.3 is 10.6 Å². The molecule has 7 heteroatoms. The number of carbonyl (C=O) groups is 3. The number of rotatable bonds is 4. The Morgan fingerprint density at radius 3 is 2.74 bits per heavy atom. The van der Waals surface area contributed by atoms with E-state index in [2.05, 4.69) is 10.6 Å². The fourth-order valence-corrected chi connectivity index (χ4v) is 2.81. The van der Waals surface area contributed by atoms with Crippen LogP contribution in [0.15, 0.2) is 18.2 Å². The Kier molecular flexibility index (Phi) is 3.58. The zero-order valence-electron chi connectivity index (χ0n) is 13.0. The highest BCUT2D eigenvalue weighted by atomic mass is 19.1. The van der Waals surface area contributed by atoms with E-state index in [4.69, 9.17) is 0 Å². The number of amides is 4. The maximum Gasteiger partial charge on any atom is 0.325 e. The Labute approximate surface area is 133 Å². The van der Waals surface area contributed by atoms with Gasteiger partial charge in [0, 0.05) is 5.69 Å². The van der Waals surface area contributed by atoms with Gasteiger partial charge in [0.1, 0.15) is 17.9 Å². The highest BCUT2D eigenvalue weighted by molar-refractivity contribution is 6.10. The number of carbonyl (C=O) groups excluding carboxylic acids is 3. The normalized spacial score (nSPS) is 23.9. The molecule has 1 aromatic carbocycles. The van der Waals surface area contributed by atoms with E-state index in [1.165, 1.54) is 6.07 Å². The second-order valence-electron chi connectivity index (χ2n) is 6.31. The molecule has 0 aromatic heterocycles. The van der Waals surface area contributed by atoms with Crippen molar-refractivity contribution in [3.05, 3.63) is 29.6 Å². The third kappa shape index (κ3) is 2.78. The summed E-state index contributed by atoms with van der Waals surface area (Å²) in [6.45, 7) is 2.92. The zero-order chi connectivity index (χ0) is 16.8. The number of nitrogens with one attached hydrogen (secondary N) is 2. The summed E-state index contributed by atoms with van der Waals surface area (Å²) in [5.74, 6) is -1.22. The van der Waals surface area contributed by atoms with E-state index in [1.54, 1.807) is 26.0 Å². The quantitative estimate of drug-likeness (QED) is 0.831. The van der Waals surface area contributed by atoms with Gasteiger partial charge in [0.2, 0.25) is 5.91 Å². The summed E-state index contributed by atoms with van der Waals surface area (Å²) in [4.78, 5) is 37.3. The SMILES string of the molecule is Cc1ccc(NC(=O)CN2C(=O)NC(C)(C3CC3)C2=O)cc1F. The summed E-state index contributed by atoms with van der Waals surface area (Å²) in [5.41, 5.74) is -0.153. The molecule has 4 amide bonds. The Balaban J connectivity index is 1.66. The van der Waals surface area contributed by atoms with E-state index in [9.17, 15) is 18.8 Å². The maximum atomic E-state index is 13.5. The van der Waals surface area contributed by atoms with Crippen LogP contribution in [0.4, 0.5) is 14.9 Å². The van der Waals surface area contributed by atoms with Crippen molar-refractivity contribution in [2.45, 2.75) is 32.2 Å². The van der Waals surface area contributed by atoms with Crippen molar-refractivity contribution in [1.82, 2.24) is 10.2 Å². The van der Waals surface area contributed by atoms with Crippen LogP contribution in [0, 0.1) is 18.7 Å². The van der Waals surface area contributed by atoms with Crippen LogP contribution in [0.2, 0.25) is 0 Å². The minimum Gasteiger partial charge on any atom is -0.324 e. The monoisotopic (exact) mass is 319 g/mol. The van der Waals surface area contributed by atoms with Crippen molar-refractivity contribution in [2.24, 2.45) is 5.92 Å². The van der Waals surface area contributed by atoms with Crippen molar-refractivity contribution in [1.29, 1.82) is 0 Å². The highest BCUT2D eigenvalue weighted by Crippen LogP contribution is 2.42. The molecule has 2 N–H and O–H groups in total. The van der Waals surface area contributed by atoms with E-state index in [0.717, 1.165) is 17.7 Å². The molecule has 1 aliphatic carbocycles. The predicted octanol–water partition coefficient (Wildman–Crippen LogP) is 1.79. The number of aryl methyl sites for hydroxylation is 1. The molecule has 1 unspecified atom stereocenters. The van der Waals surface area contributed by atoms with Crippen molar-refractivity contribution in [2.75, 3.05) is 11.9 Å². The van der Waals surface area contributed by atoms with Crippen LogP contribution in [-0.4, -0.2) is 34.8 Å². The Bertz CT molecular complexity index is 702. The first kappa shape index (κ1) is 15.5. The lowest BCUT2D eigenvalue weighted by Gasteiger charge is -2.20. The van der Waals surface area contributed by atoms with Gasteiger partial charge in [-0.2, -0.15) is 0 Å². The number of nitrogens with zero attached hydrogens (tertiary/aromatic N) is 1. The van der Waals surface area contributed by atoms with Crippen LogP contribution < -0.4 is 10.6 Å².